The van der Waals surface area contributed by atoms with Crippen LogP contribution in [0.25, 0.3) is 0 Å². The highest BCUT2D eigenvalue weighted by Crippen LogP contribution is 2.22. The van der Waals surface area contributed by atoms with Crippen molar-refractivity contribution in [2.45, 2.75) is 18.9 Å². The molecule has 1 fully saturated rings. The predicted octanol–water partition coefficient (Wildman–Crippen LogP) is 2.37. The Balaban J connectivity index is 2.01. The molecule has 0 spiro atoms. The van der Waals surface area contributed by atoms with E-state index in [1.807, 2.05) is 0 Å². The highest BCUT2D eigenvalue weighted by molar-refractivity contribution is 9.10. The van der Waals surface area contributed by atoms with E-state index in [2.05, 4.69) is 15.9 Å². The van der Waals surface area contributed by atoms with E-state index < -0.39 is 0 Å². The summed E-state index contributed by atoms with van der Waals surface area (Å²) < 4.78 is 11.3. The van der Waals surface area contributed by atoms with Crippen LogP contribution in [0.5, 0.6) is 0 Å². The summed E-state index contributed by atoms with van der Waals surface area (Å²) in [5, 5.41) is 0. The molecule has 0 unspecified atom stereocenters. The Morgan fingerprint density at radius 1 is 1.41 bits per heavy atom. The first-order valence-electron chi connectivity index (χ1n) is 5.50. The maximum Gasteiger partial charge on any atom is 0.338 e. The lowest BCUT2D eigenvalue weighted by atomic mass is 10.1. The highest BCUT2D eigenvalue weighted by atomic mass is 79.9. The van der Waals surface area contributed by atoms with E-state index in [9.17, 15) is 4.79 Å². The summed E-state index contributed by atoms with van der Waals surface area (Å²) in [6.45, 7) is 1.31. The van der Waals surface area contributed by atoms with Crippen LogP contribution in [-0.4, -0.2) is 25.3 Å². The molecule has 2 rings (SSSR count). The largest absolute Gasteiger partial charge is 0.459 e. The normalized spacial score (nSPS) is 16.8. The summed E-state index contributed by atoms with van der Waals surface area (Å²) in [5.74, 6) is -0.308. The number of hydrogen-bond acceptors (Lipinski definition) is 4. The molecular formula is C12H14BrNO3. The number of rotatable bonds is 2. The predicted molar refractivity (Wildman–Crippen MR) is 67.8 cm³/mol. The van der Waals surface area contributed by atoms with Crippen LogP contribution >= 0.6 is 15.9 Å². The average Bonchev–Trinajstić information content (AvgIpc) is 2.34. The zero-order chi connectivity index (χ0) is 12.3. The summed E-state index contributed by atoms with van der Waals surface area (Å²) in [6, 6.07) is 5.03. The third kappa shape index (κ3) is 3.20. The van der Waals surface area contributed by atoms with Crippen molar-refractivity contribution in [3.05, 3.63) is 28.2 Å². The van der Waals surface area contributed by atoms with Gasteiger partial charge >= 0.3 is 5.97 Å². The smallest absolute Gasteiger partial charge is 0.338 e. The second kappa shape index (κ2) is 5.51. The fraction of sp³-hybridized carbons (Fsp3) is 0.417. The molecule has 1 aromatic rings. The van der Waals surface area contributed by atoms with Crippen LogP contribution in [0.15, 0.2) is 22.7 Å². The summed E-state index contributed by atoms with van der Waals surface area (Å²) in [5.41, 5.74) is 6.77. The van der Waals surface area contributed by atoms with E-state index >= 15 is 0 Å². The fourth-order valence-corrected chi connectivity index (χ4v) is 2.05. The van der Waals surface area contributed by atoms with E-state index in [0.29, 0.717) is 28.9 Å². The number of ether oxygens (including phenoxy) is 2. The first-order chi connectivity index (χ1) is 8.16. The molecule has 92 valence electrons. The first kappa shape index (κ1) is 12.4. The lowest BCUT2D eigenvalue weighted by Gasteiger charge is -2.22. The van der Waals surface area contributed by atoms with Crippen molar-refractivity contribution >= 4 is 27.6 Å². The van der Waals surface area contributed by atoms with Crippen LogP contribution in [0.2, 0.25) is 0 Å². The molecule has 1 heterocycles. The van der Waals surface area contributed by atoms with Crippen LogP contribution in [0.1, 0.15) is 23.2 Å². The van der Waals surface area contributed by atoms with Gasteiger partial charge in [-0.25, -0.2) is 4.79 Å². The molecule has 0 amide bonds. The molecule has 0 bridgehead atoms. The van der Waals surface area contributed by atoms with Crippen molar-refractivity contribution < 1.29 is 14.3 Å². The van der Waals surface area contributed by atoms with Gasteiger partial charge in [0.25, 0.3) is 0 Å². The van der Waals surface area contributed by atoms with Gasteiger partial charge in [0.2, 0.25) is 0 Å². The second-order valence-corrected chi connectivity index (χ2v) is 4.81. The van der Waals surface area contributed by atoms with Crippen LogP contribution < -0.4 is 5.73 Å². The van der Waals surface area contributed by atoms with Gasteiger partial charge in [0.15, 0.2) is 0 Å². The van der Waals surface area contributed by atoms with E-state index in [4.69, 9.17) is 15.2 Å². The Morgan fingerprint density at radius 2 is 2.12 bits per heavy atom. The number of carbonyl (C=O) groups is 1. The van der Waals surface area contributed by atoms with Gasteiger partial charge in [-0.1, -0.05) is 0 Å². The molecule has 5 heteroatoms. The van der Waals surface area contributed by atoms with Crippen LogP contribution in [0.4, 0.5) is 5.69 Å². The second-order valence-electron chi connectivity index (χ2n) is 3.95. The molecule has 1 saturated heterocycles. The molecule has 17 heavy (non-hydrogen) atoms. The number of nitrogens with two attached hydrogens (primary N) is 1. The Bertz CT molecular complexity index is 416. The molecule has 0 saturated carbocycles. The molecule has 0 aromatic heterocycles. The molecule has 1 aliphatic rings. The third-order valence-electron chi connectivity index (χ3n) is 2.68. The minimum absolute atomic E-state index is 0.0346. The van der Waals surface area contributed by atoms with E-state index in [1.165, 1.54) is 0 Å². The summed E-state index contributed by atoms with van der Waals surface area (Å²) >= 11 is 3.29. The monoisotopic (exact) mass is 299 g/mol. The maximum absolute atomic E-state index is 11.9. The minimum Gasteiger partial charge on any atom is -0.459 e. The Kier molecular flexibility index (Phi) is 4.02. The Labute approximate surface area is 108 Å². The van der Waals surface area contributed by atoms with Gasteiger partial charge in [-0.05, 0) is 34.1 Å². The van der Waals surface area contributed by atoms with E-state index in [-0.39, 0.29) is 12.1 Å². The summed E-state index contributed by atoms with van der Waals surface area (Å²) in [4.78, 5) is 11.9. The van der Waals surface area contributed by atoms with Gasteiger partial charge < -0.3 is 15.2 Å². The van der Waals surface area contributed by atoms with Gasteiger partial charge in [0.05, 0.1) is 18.8 Å². The number of halogens is 1. The topological polar surface area (TPSA) is 61.6 Å². The SMILES string of the molecule is Nc1ccc(C(=O)OC2CCOCC2)cc1Br. The van der Waals surface area contributed by atoms with Crippen molar-refractivity contribution in [2.24, 2.45) is 0 Å². The zero-order valence-electron chi connectivity index (χ0n) is 9.32. The molecule has 4 nitrogen and oxygen atoms in total. The average molecular weight is 300 g/mol. The van der Waals surface area contributed by atoms with Gasteiger partial charge in [-0.2, -0.15) is 0 Å². The summed E-state index contributed by atoms with van der Waals surface area (Å²) in [6.07, 6.45) is 1.50. The number of carbonyl (C=O) groups excluding carboxylic acids is 1. The fourth-order valence-electron chi connectivity index (χ4n) is 1.67. The lowest BCUT2D eigenvalue weighted by Crippen LogP contribution is -2.26. The first-order valence-corrected chi connectivity index (χ1v) is 6.30. The van der Waals surface area contributed by atoms with Crippen LogP contribution in [0, 0.1) is 0 Å². The number of nitrogen functional groups attached to an aromatic ring is 1. The quantitative estimate of drug-likeness (QED) is 0.673. The van der Waals surface area contributed by atoms with Crippen molar-refractivity contribution in [2.75, 3.05) is 18.9 Å². The molecule has 1 aliphatic heterocycles. The minimum atomic E-state index is -0.308. The van der Waals surface area contributed by atoms with Gasteiger partial charge in [-0.3, -0.25) is 0 Å². The van der Waals surface area contributed by atoms with Crippen molar-refractivity contribution in [1.29, 1.82) is 0 Å². The molecule has 1 aromatic carbocycles. The number of benzene rings is 1. The van der Waals surface area contributed by atoms with Gasteiger partial charge in [0.1, 0.15) is 6.10 Å². The number of hydrogen-bond donors (Lipinski definition) is 1. The van der Waals surface area contributed by atoms with Gasteiger partial charge in [0, 0.05) is 23.0 Å². The summed E-state index contributed by atoms with van der Waals surface area (Å²) in [7, 11) is 0. The molecule has 0 atom stereocenters. The molecular weight excluding hydrogens is 286 g/mol. The maximum atomic E-state index is 11.9. The van der Waals surface area contributed by atoms with Crippen LogP contribution in [-0.2, 0) is 9.47 Å². The third-order valence-corrected chi connectivity index (χ3v) is 3.36. The number of esters is 1. The van der Waals surface area contributed by atoms with Gasteiger partial charge in [-0.15, -0.1) is 0 Å². The lowest BCUT2D eigenvalue weighted by molar-refractivity contribution is -0.0159. The molecule has 2 N–H and O–H groups in total. The Hall–Kier alpha value is -1.07. The van der Waals surface area contributed by atoms with E-state index in [0.717, 1.165) is 12.8 Å². The highest BCUT2D eigenvalue weighted by Gasteiger charge is 2.19. The van der Waals surface area contributed by atoms with Crippen LogP contribution in [0.3, 0.4) is 0 Å². The standard InChI is InChI=1S/C12H14BrNO3/c13-10-7-8(1-2-11(10)14)12(15)17-9-3-5-16-6-4-9/h1-2,7,9H,3-6,14H2. The zero-order valence-corrected chi connectivity index (χ0v) is 10.9. The Morgan fingerprint density at radius 3 is 2.76 bits per heavy atom. The number of anilines is 1. The van der Waals surface area contributed by atoms with Crippen molar-refractivity contribution in [3.8, 4) is 0 Å². The molecule has 0 aliphatic carbocycles. The van der Waals surface area contributed by atoms with Crippen molar-refractivity contribution in [1.82, 2.24) is 0 Å². The molecule has 0 radical (unpaired) electrons. The van der Waals surface area contributed by atoms with E-state index in [1.54, 1.807) is 18.2 Å². The van der Waals surface area contributed by atoms with Crippen molar-refractivity contribution in [3.63, 3.8) is 0 Å².